The topological polar surface area (TPSA) is 80.0 Å². The zero-order valence-electron chi connectivity index (χ0n) is 16.2. The molecule has 0 bridgehead atoms. The lowest BCUT2D eigenvalue weighted by Gasteiger charge is -2.07. The van der Waals surface area contributed by atoms with Crippen LogP contribution >= 0.6 is 0 Å². The smallest absolute Gasteiger partial charge is 0.320 e. The maximum absolute atomic E-state index is 12.7. The number of anilines is 2. The normalized spacial score (nSPS) is 17.3. The summed E-state index contributed by atoms with van der Waals surface area (Å²) in [5.74, 6) is 0.747. The van der Waals surface area contributed by atoms with Crippen LogP contribution < -0.4 is 10.6 Å². The first kappa shape index (κ1) is 18.1. The summed E-state index contributed by atoms with van der Waals surface area (Å²) in [6.07, 6.45) is 0.970. The van der Waals surface area contributed by atoms with Crippen LogP contribution in [-0.4, -0.2) is 22.1 Å². The van der Waals surface area contributed by atoms with Crippen LogP contribution in [0.15, 0.2) is 89.3 Å². The van der Waals surface area contributed by atoms with E-state index in [0.29, 0.717) is 23.1 Å². The molecule has 0 spiro atoms. The van der Waals surface area contributed by atoms with E-state index >= 15 is 0 Å². The summed E-state index contributed by atoms with van der Waals surface area (Å²) < 4.78 is 5.68. The molecule has 4 aromatic rings. The van der Waals surface area contributed by atoms with Crippen molar-refractivity contribution in [3.8, 4) is 11.5 Å². The monoisotopic (exact) mass is 396 g/mol. The maximum atomic E-state index is 12.7. The lowest BCUT2D eigenvalue weighted by atomic mass is 10.1. The molecule has 1 aliphatic carbocycles. The van der Waals surface area contributed by atoms with E-state index in [0.717, 1.165) is 12.0 Å². The van der Waals surface area contributed by atoms with E-state index in [9.17, 15) is 4.79 Å². The number of hydrogen-bond acceptors (Lipinski definition) is 5. The molecule has 0 radical (unpaired) electrons. The zero-order chi connectivity index (χ0) is 20.3. The Morgan fingerprint density at radius 3 is 2.47 bits per heavy atom. The van der Waals surface area contributed by atoms with E-state index in [1.165, 1.54) is 5.56 Å². The molecule has 0 aliphatic heterocycles. The number of benzene rings is 3. The minimum Gasteiger partial charge on any atom is -0.403 e. The second kappa shape index (κ2) is 7.83. The molecule has 1 fully saturated rings. The third-order valence-electron chi connectivity index (χ3n) is 5.16. The number of carbonyl (C=O) groups is 1. The van der Waals surface area contributed by atoms with Gasteiger partial charge in [0.25, 0.3) is 5.91 Å². The van der Waals surface area contributed by atoms with Crippen LogP contribution in [-0.2, 0) is 0 Å². The second-order valence-electron chi connectivity index (χ2n) is 7.32. The highest BCUT2D eigenvalue weighted by Crippen LogP contribution is 2.40. The standard InChI is InChI=1S/C24H20N4O2/c29-22(26-21-15-20(21)16-8-3-1-4-9-16)18-12-7-13-19(14-18)25-24-28-27-23(30-24)17-10-5-2-6-11-17/h1-14,20-21H,15H2,(H,25,28)(H,26,29)/t20-,21+/m0/s1. The van der Waals surface area contributed by atoms with E-state index in [1.54, 1.807) is 12.1 Å². The first-order valence-electron chi connectivity index (χ1n) is 9.88. The Labute approximate surface area is 174 Å². The largest absolute Gasteiger partial charge is 0.403 e. The Bertz CT molecular complexity index is 1160. The van der Waals surface area contributed by atoms with Gasteiger partial charge in [0.1, 0.15) is 0 Å². The van der Waals surface area contributed by atoms with Crippen LogP contribution in [0.5, 0.6) is 0 Å². The first-order valence-corrected chi connectivity index (χ1v) is 9.88. The lowest BCUT2D eigenvalue weighted by Crippen LogP contribution is -2.26. The van der Waals surface area contributed by atoms with Gasteiger partial charge in [0.2, 0.25) is 5.89 Å². The molecule has 148 valence electrons. The lowest BCUT2D eigenvalue weighted by molar-refractivity contribution is 0.0950. The SMILES string of the molecule is O=C(N[C@@H]1C[C@H]1c1ccccc1)c1cccc(Nc2nnc(-c3ccccc3)o2)c1. The summed E-state index contributed by atoms with van der Waals surface area (Å²) >= 11 is 0. The van der Waals surface area contributed by atoms with E-state index in [-0.39, 0.29) is 18.0 Å². The number of carbonyl (C=O) groups excluding carboxylic acids is 1. The molecule has 2 atom stereocenters. The van der Waals surface area contributed by atoms with E-state index in [4.69, 9.17) is 4.42 Å². The molecule has 0 unspecified atom stereocenters. The highest BCUT2D eigenvalue weighted by molar-refractivity contribution is 5.95. The molecule has 1 aliphatic rings. The van der Waals surface area contributed by atoms with Crippen LogP contribution in [0.25, 0.3) is 11.5 Å². The molecule has 1 saturated carbocycles. The number of nitrogens with one attached hydrogen (secondary N) is 2. The van der Waals surface area contributed by atoms with Crippen molar-refractivity contribution < 1.29 is 9.21 Å². The fourth-order valence-corrected chi connectivity index (χ4v) is 3.51. The van der Waals surface area contributed by atoms with Crippen LogP contribution in [0.4, 0.5) is 11.7 Å². The van der Waals surface area contributed by atoms with Crippen LogP contribution in [0.2, 0.25) is 0 Å². The van der Waals surface area contributed by atoms with Gasteiger partial charge in [-0.15, -0.1) is 5.10 Å². The van der Waals surface area contributed by atoms with Gasteiger partial charge < -0.3 is 15.1 Å². The van der Waals surface area contributed by atoms with Crippen LogP contribution in [0.3, 0.4) is 0 Å². The van der Waals surface area contributed by atoms with Gasteiger partial charge in [-0.05, 0) is 42.3 Å². The highest BCUT2D eigenvalue weighted by atomic mass is 16.4. The molecule has 0 saturated heterocycles. The van der Waals surface area contributed by atoms with E-state index < -0.39 is 0 Å². The predicted octanol–water partition coefficient (Wildman–Crippen LogP) is 4.77. The van der Waals surface area contributed by atoms with Crippen LogP contribution in [0.1, 0.15) is 28.3 Å². The number of amides is 1. The Morgan fingerprint density at radius 1 is 0.900 bits per heavy atom. The van der Waals surface area contributed by atoms with Gasteiger partial charge in [-0.3, -0.25) is 4.79 Å². The van der Waals surface area contributed by atoms with Gasteiger partial charge in [-0.2, -0.15) is 0 Å². The predicted molar refractivity (Wildman–Crippen MR) is 115 cm³/mol. The van der Waals surface area contributed by atoms with E-state index in [2.05, 4.69) is 33.0 Å². The summed E-state index contributed by atoms with van der Waals surface area (Å²) in [7, 11) is 0. The van der Waals surface area contributed by atoms with Gasteiger partial charge >= 0.3 is 6.01 Å². The van der Waals surface area contributed by atoms with Crippen molar-refractivity contribution in [2.24, 2.45) is 0 Å². The van der Waals surface area contributed by atoms with Gasteiger partial charge in [0.15, 0.2) is 0 Å². The Hall–Kier alpha value is -3.93. The van der Waals surface area contributed by atoms with Crippen molar-refractivity contribution in [2.75, 3.05) is 5.32 Å². The van der Waals surface area contributed by atoms with E-state index in [1.807, 2.05) is 60.7 Å². The summed E-state index contributed by atoms with van der Waals surface area (Å²) in [5.41, 5.74) is 3.41. The Balaban J connectivity index is 1.24. The third kappa shape index (κ3) is 3.93. The third-order valence-corrected chi connectivity index (χ3v) is 5.16. The average molecular weight is 396 g/mol. The minimum atomic E-state index is -0.0856. The van der Waals surface area contributed by atoms with Gasteiger partial charge in [0, 0.05) is 28.8 Å². The molecule has 6 nitrogen and oxygen atoms in total. The molecule has 1 aromatic heterocycles. The highest BCUT2D eigenvalue weighted by Gasteiger charge is 2.39. The van der Waals surface area contributed by atoms with Crippen molar-refractivity contribution >= 4 is 17.6 Å². The minimum absolute atomic E-state index is 0.0856. The Kier molecular flexibility index (Phi) is 4.73. The zero-order valence-corrected chi connectivity index (χ0v) is 16.2. The molecule has 1 amide bonds. The van der Waals surface area contributed by atoms with Gasteiger partial charge in [-0.25, -0.2) is 0 Å². The number of hydrogen-bond donors (Lipinski definition) is 2. The molecule has 30 heavy (non-hydrogen) atoms. The second-order valence-corrected chi connectivity index (χ2v) is 7.32. The quantitative estimate of drug-likeness (QED) is 0.491. The fourth-order valence-electron chi connectivity index (χ4n) is 3.51. The van der Waals surface area contributed by atoms with Crippen molar-refractivity contribution in [3.63, 3.8) is 0 Å². The number of nitrogens with zero attached hydrogens (tertiary/aromatic N) is 2. The van der Waals surface area contributed by atoms with Crippen molar-refractivity contribution in [1.82, 2.24) is 15.5 Å². The molecule has 3 aromatic carbocycles. The van der Waals surface area contributed by atoms with Gasteiger partial charge in [-0.1, -0.05) is 59.7 Å². The number of rotatable bonds is 6. The summed E-state index contributed by atoms with van der Waals surface area (Å²) in [6.45, 7) is 0. The van der Waals surface area contributed by atoms with Gasteiger partial charge in [0.05, 0.1) is 0 Å². The summed E-state index contributed by atoms with van der Waals surface area (Å²) in [6, 6.07) is 27.6. The number of aromatic nitrogens is 2. The summed E-state index contributed by atoms with van der Waals surface area (Å²) in [5, 5.41) is 14.3. The molecule has 1 heterocycles. The molecule has 6 heteroatoms. The fraction of sp³-hybridized carbons (Fsp3) is 0.125. The summed E-state index contributed by atoms with van der Waals surface area (Å²) in [4.78, 5) is 12.7. The molecular weight excluding hydrogens is 376 g/mol. The van der Waals surface area contributed by atoms with Crippen LogP contribution in [0, 0.1) is 0 Å². The van der Waals surface area contributed by atoms with Crippen molar-refractivity contribution in [3.05, 3.63) is 96.1 Å². The molecule has 2 N–H and O–H groups in total. The average Bonchev–Trinajstić information content (AvgIpc) is 3.41. The molecular formula is C24H20N4O2. The maximum Gasteiger partial charge on any atom is 0.320 e. The Morgan fingerprint density at radius 2 is 1.67 bits per heavy atom. The molecule has 5 rings (SSSR count). The van der Waals surface area contributed by atoms with Crippen molar-refractivity contribution in [1.29, 1.82) is 0 Å². The first-order chi connectivity index (χ1) is 14.8. The van der Waals surface area contributed by atoms with Crippen molar-refractivity contribution in [2.45, 2.75) is 18.4 Å².